The van der Waals surface area contributed by atoms with Gasteiger partial charge < -0.3 is 0 Å². The van der Waals surface area contributed by atoms with Crippen molar-refractivity contribution < 1.29 is 13.0 Å². The Bertz CT molecular complexity index is 148. The summed E-state index contributed by atoms with van der Waals surface area (Å²) in [6.07, 6.45) is 0. The van der Waals surface area contributed by atoms with Gasteiger partial charge in [-0.05, 0) is 13.8 Å². The Morgan fingerprint density at radius 2 is 1.88 bits per heavy atom. The molecule has 0 saturated heterocycles. The van der Waals surface area contributed by atoms with Crippen molar-refractivity contribution in [3.63, 3.8) is 0 Å². The Hall–Kier alpha value is -0.130. The van der Waals surface area contributed by atoms with Gasteiger partial charge in [-0.3, -0.25) is 4.55 Å². The van der Waals surface area contributed by atoms with E-state index in [9.17, 15) is 8.42 Å². The molecule has 0 amide bonds. The summed E-state index contributed by atoms with van der Waals surface area (Å²) in [5.74, 6) is 0. The minimum absolute atomic E-state index is 0.438. The minimum Gasteiger partial charge on any atom is -0.273 e. The molecule has 8 heavy (non-hydrogen) atoms. The first-order chi connectivity index (χ1) is 3.42. The summed E-state index contributed by atoms with van der Waals surface area (Å²) in [6, 6.07) is 0.438. The molecule has 0 saturated carbocycles. The van der Waals surface area contributed by atoms with Crippen LogP contribution in [0.3, 0.4) is 0 Å². The molecule has 5 heteroatoms. The molecule has 0 atom stereocenters. The van der Waals surface area contributed by atoms with E-state index in [4.69, 9.17) is 4.55 Å². The summed E-state index contributed by atoms with van der Waals surface area (Å²) >= 11 is 0. The zero-order chi connectivity index (χ0) is 6.78. The molecule has 0 aromatic carbocycles. The zero-order valence-electron chi connectivity index (χ0n) is 4.67. The fraction of sp³-hybridized carbons (Fsp3) is 0.667. The first kappa shape index (κ1) is 7.87. The van der Waals surface area contributed by atoms with Gasteiger partial charge >= 0.3 is 10.3 Å². The molecule has 4 nitrogen and oxygen atoms in total. The van der Waals surface area contributed by atoms with Crippen molar-refractivity contribution >= 4 is 10.3 Å². The van der Waals surface area contributed by atoms with Crippen LogP contribution >= 0.6 is 0 Å². The van der Waals surface area contributed by atoms with E-state index in [1.165, 1.54) is 13.8 Å². The lowest BCUT2D eigenvalue weighted by Crippen LogP contribution is -2.23. The number of hydrogen-bond donors (Lipinski definition) is 2. The monoisotopic (exact) mass is 138 g/mol. The van der Waals surface area contributed by atoms with Crippen LogP contribution < -0.4 is 4.72 Å². The van der Waals surface area contributed by atoms with Crippen molar-refractivity contribution in [2.24, 2.45) is 0 Å². The van der Waals surface area contributed by atoms with Gasteiger partial charge in [-0.2, -0.15) is 13.1 Å². The van der Waals surface area contributed by atoms with E-state index in [1.54, 1.807) is 0 Å². The highest BCUT2D eigenvalue weighted by molar-refractivity contribution is 7.83. The van der Waals surface area contributed by atoms with Crippen LogP contribution in [0.15, 0.2) is 0 Å². The van der Waals surface area contributed by atoms with E-state index in [2.05, 4.69) is 0 Å². The molecule has 2 N–H and O–H groups in total. The van der Waals surface area contributed by atoms with Gasteiger partial charge in [-0.15, -0.1) is 0 Å². The molecule has 0 aliphatic rings. The van der Waals surface area contributed by atoms with Gasteiger partial charge in [0.05, 0.1) is 0 Å². The quantitative estimate of drug-likeness (QED) is 0.526. The van der Waals surface area contributed by atoms with Gasteiger partial charge in [0.15, 0.2) is 0 Å². The van der Waals surface area contributed by atoms with E-state index >= 15 is 0 Å². The Labute approximate surface area is 48.8 Å². The molecule has 1 radical (unpaired) electrons. The second-order valence-corrected chi connectivity index (χ2v) is 2.73. The van der Waals surface area contributed by atoms with Gasteiger partial charge in [0.25, 0.3) is 0 Å². The third-order valence-corrected chi connectivity index (χ3v) is 0.999. The number of nitrogens with one attached hydrogen (secondary N) is 1. The van der Waals surface area contributed by atoms with Gasteiger partial charge in [0.2, 0.25) is 0 Å². The van der Waals surface area contributed by atoms with Crippen LogP contribution in [0.2, 0.25) is 0 Å². The first-order valence-corrected chi connectivity index (χ1v) is 3.41. The maximum absolute atomic E-state index is 9.87. The third kappa shape index (κ3) is 5.87. The Morgan fingerprint density at radius 1 is 1.50 bits per heavy atom. The van der Waals surface area contributed by atoms with Crippen LogP contribution in [0, 0.1) is 6.04 Å². The predicted octanol–water partition coefficient (Wildman–Crippen LogP) is -0.0494. The molecule has 0 heterocycles. The van der Waals surface area contributed by atoms with Crippen molar-refractivity contribution in [1.29, 1.82) is 0 Å². The molecule has 0 aromatic heterocycles. The van der Waals surface area contributed by atoms with Crippen LogP contribution in [-0.2, 0) is 10.3 Å². The van der Waals surface area contributed by atoms with Crippen molar-refractivity contribution in [2.45, 2.75) is 13.8 Å². The molecular weight excluding hydrogens is 130 g/mol. The number of hydrogen-bond acceptors (Lipinski definition) is 2. The summed E-state index contributed by atoms with van der Waals surface area (Å²) < 4.78 is 29.6. The fourth-order valence-corrected chi connectivity index (χ4v) is 0.774. The van der Waals surface area contributed by atoms with Crippen molar-refractivity contribution in [2.75, 3.05) is 0 Å². The Kier molecular flexibility index (Phi) is 2.39. The molecule has 0 aliphatic carbocycles. The lowest BCUT2D eigenvalue weighted by atomic mass is 10.4. The summed E-state index contributed by atoms with van der Waals surface area (Å²) in [4.78, 5) is 0. The smallest absolute Gasteiger partial charge is 0.273 e. The average molecular weight is 138 g/mol. The largest absolute Gasteiger partial charge is 0.333 e. The lowest BCUT2D eigenvalue weighted by molar-refractivity contribution is 0.470. The normalized spacial score (nSPS) is 12.5. The first-order valence-electron chi connectivity index (χ1n) is 1.97. The summed E-state index contributed by atoms with van der Waals surface area (Å²) in [7, 11) is -4.01. The standard InChI is InChI=1S/C3H8NO3S/c1-3(2)4-8(5,6)7/h4H,1-2H3,(H,5,6,7). The fourth-order valence-electron chi connectivity index (χ4n) is 0.258. The highest BCUT2D eigenvalue weighted by Gasteiger charge is 2.03. The van der Waals surface area contributed by atoms with Crippen LogP contribution in [0.25, 0.3) is 0 Å². The Morgan fingerprint density at radius 3 is 1.88 bits per heavy atom. The van der Waals surface area contributed by atoms with Crippen molar-refractivity contribution in [1.82, 2.24) is 4.72 Å². The third-order valence-electron chi connectivity index (χ3n) is 0.333. The summed E-state index contributed by atoms with van der Waals surface area (Å²) in [6.45, 7) is 3.07. The SMILES string of the molecule is C[C](C)NS(=O)(=O)O. The highest BCUT2D eigenvalue weighted by Crippen LogP contribution is 1.88. The molecule has 0 rings (SSSR count). The predicted molar refractivity (Wildman–Crippen MR) is 29.3 cm³/mol. The van der Waals surface area contributed by atoms with Crippen LogP contribution in [0.1, 0.15) is 13.8 Å². The van der Waals surface area contributed by atoms with E-state index in [1.807, 2.05) is 4.72 Å². The molecule has 0 unspecified atom stereocenters. The zero-order valence-corrected chi connectivity index (χ0v) is 5.49. The van der Waals surface area contributed by atoms with Gasteiger partial charge in [0, 0.05) is 6.04 Å². The second-order valence-electron chi connectivity index (χ2n) is 1.58. The topological polar surface area (TPSA) is 66.4 Å². The van der Waals surface area contributed by atoms with Crippen LogP contribution in [-0.4, -0.2) is 13.0 Å². The van der Waals surface area contributed by atoms with Crippen molar-refractivity contribution in [3.8, 4) is 0 Å². The molecule has 0 aliphatic heterocycles. The van der Waals surface area contributed by atoms with Crippen LogP contribution in [0.5, 0.6) is 0 Å². The lowest BCUT2D eigenvalue weighted by Gasteiger charge is -2.00. The van der Waals surface area contributed by atoms with Gasteiger partial charge in [-0.25, -0.2) is 0 Å². The van der Waals surface area contributed by atoms with Crippen molar-refractivity contribution in [3.05, 3.63) is 6.04 Å². The molecule has 0 fully saturated rings. The Balaban J connectivity index is 3.75. The number of rotatable bonds is 2. The van der Waals surface area contributed by atoms with E-state index in [0.29, 0.717) is 6.04 Å². The van der Waals surface area contributed by atoms with E-state index in [0.717, 1.165) is 0 Å². The maximum Gasteiger partial charge on any atom is 0.333 e. The second kappa shape index (κ2) is 2.43. The van der Waals surface area contributed by atoms with Gasteiger partial charge in [-0.1, -0.05) is 0 Å². The highest BCUT2D eigenvalue weighted by atomic mass is 32.2. The van der Waals surface area contributed by atoms with E-state index < -0.39 is 10.3 Å². The molecule has 0 bridgehead atoms. The molecule has 0 spiro atoms. The minimum atomic E-state index is -4.01. The summed E-state index contributed by atoms with van der Waals surface area (Å²) in [5.41, 5.74) is 0. The average Bonchev–Trinajstić information content (AvgIpc) is 1.21. The maximum atomic E-state index is 9.87. The molecular formula is C3H8NO3S. The summed E-state index contributed by atoms with van der Waals surface area (Å²) in [5, 5.41) is 0. The molecule has 49 valence electrons. The van der Waals surface area contributed by atoms with Crippen LogP contribution in [0.4, 0.5) is 0 Å². The van der Waals surface area contributed by atoms with Gasteiger partial charge in [0.1, 0.15) is 0 Å². The molecule has 0 aromatic rings. The van der Waals surface area contributed by atoms with E-state index in [-0.39, 0.29) is 0 Å².